The van der Waals surface area contributed by atoms with E-state index in [4.69, 9.17) is 11.0 Å². The fourth-order valence-corrected chi connectivity index (χ4v) is 1.87. The predicted molar refractivity (Wildman–Crippen MR) is 48.9 cm³/mol. The molecule has 0 bridgehead atoms. The number of aryl methyl sites for hydroxylation is 1. The molecule has 0 saturated carbocycles. The van der Waals surface area contributed by atoms with Crippen LogP contribution in [0, 0.1) is 11.3 Å². The van der Waals surface area contributed by atoms with Gasteiger partial charge in [-0.15, -0.1) is 0 Å². The third-order valence-electron chi connectivity index (χ3n) is 2.49. The number of aromatic nitrogens is 2. The molecule has 0 amide bonds. The summed E-state index contributed by atoms with van der Waals surface area (Å²) in [5.74, 6) is 0.494. The normalized spacial score (nSPS) is 15.0. The van der Waals surface area contributed by atoms with Crippen LogP contribution in [0.2, 0.25) is 0 Å². The molecule has 1 aliphatic carbocycles. The van der Waals surface area contributed by atoms with Crippen LogP contribution < -0.4 is 5.73 Å². The summed E-state index contributed by atoms with van der Waals surface area (Å²) in [5.41, 5.74) is 7.98. The van der Waals surface area contributed by atoms with Gasteiger partial charge in [-0.1, -0.05) is 0 Å². The van der Waals surface area contributed by atoms with Crippen molar-refractivity contribution in [2.24, 2.45) is 0 Å². The van der Waals surface area contributed by atoms with Crippen molar-refractivity contribution in [1.29, 1.82) is 5.26 Å². The quantitative estimate of drug-likeness (QED) is 0.690. The molecule has 0 aromatic carbocycles. The van der Waals surface area contributed by atoms with Gasteiger partial charge in [0.1, 0.15) is 6.54 Å². The van der Waals surface area contributed by atoms with Gasteiger partial charge in [0.15, 0.2) is 0 Å². The summed E-state index contributed by atoms with van der Waals surface area (Å²) >= 11 is 0. The van der Waals surface area contributed by atoms with Crippen LogP contribution >= 0.6 is 0 Å². The smallest absolute Gasteiger partial charge is 0.201 e. The lowest BCUT2D eigenvalue weighted by Crippen LogP contribution is -2.09. The van der Waals surface area contributed by atoms with E-state index in [2.05, 4.69) is 11.1 Å². The number of nitrogens with zero attached hydrogens (tertiary/aromatic N) is 3. The van der Waals surface area contributed by atoms with Gasteiger partial charge in [-0.2, -0.15) is 5.26 Å². The average molecular weight is 176 g/mol. The van der Waals surface area contributed by atoms with Gasteiger partial charge in [-0.25, -0.2) is 4.98 Å². The third kappa shape index (κ3) is 1.26. The predicted octanol–water partition coefficient (Wildman–Crippen LogP) is 0.868. The SMILES string of the molecule is N#CCn1c(N)nc2c1CCCC2. The monoisotopic (exact) mass is 176 g/mol. The zero-order valence-electron chi connectivity index (χ0n) is 7.45. The minimum Gasteiger partial charge on any atom is -0.369 e. The fourth-order valence-electron chi connectivity index (χ4n) is 1.87. The molecule has 0 aliphatic heterocycles. The summed E-state index contributed by atoms with van der Waals surface area (Å²) in [7, 11) is 0. The van der Waals surface area contributed by atoms with Gasteiger partial charge >= 0.3 is 0 Å². The largest absolute Gasteiger partial charge is 0.369 e. The first-order valence-electron chi connectivity index (χ1n) is 4.53. The lowest BCUT2D eigenvalue weighted by atomic mass is 10.0. The number of anilines is 1. The Morgan fingerprint density at radius 3 is 3.00 bits per heavy atom. The van der Waals surface area contributed by atoms with Gasteiger partial charge < -0.3 is 10.3 Å². The maximum Gasteiger partial charge on any atom is 0.201 e. The average Bonchev–Trinajstić information content (AvgIpc) is 2.44. The van der Waals surface area contributed by atoms with E-state index in [0.29, 0.717) is 12.5 Å². The highest BCUT2D eigenvalue weighted by atomic mass is 15.2. The Balaban J connectivity index is 2.43. The second kappa shape index (κ2) is 3.09. The second-order valence-electron chi connectivity index (χ2n) is 3.31. The molecule has 68 valence electrons. The molecular weight excluding hydrogens is 164 g/mol. The molecule has 0 saturated heterocycles. The van der Waals surface area contributed by atoms with Gasteiger partial charge in [0.05, 0.1) is 11.8 Å². The van der Waals surface area contributed by atoms with Crippen LogP contribution in [0.1, 0.15) is 24.2 Å². The molecular formula is C9H12N4. The standard InChI is InChI=1S/C9H12N4/c10-5-6-13-8-4-2-1-3-7(8)12-9(13)11/h1-4,6H2,(H2,11,12). The van der Waals surface area contributed by atoms with Crippen molar-refractivity contribution < 1.29 is 0 Å². The molecule has 0 fully saturated rings. The molecule has 13 heavy (non-hydrogen) atoms. The fraction of sp³-hybridized carbons (Fsp3) is 0.556. The van der Waals surface area contributed by atoms with E-state index < -0.39 is 0 Å². The highest BCUT2D eigenvalue weighted by molar-refractivity contribution is 5.31. The Labute approximate surface area is 77.0 Å². The number of imidazole rings is 1. The first-order chi connectivity index (χ1) is 6.33. The Kier molecular flexibility index (Phi) is 1.93. The summed E-state index contributed by atoms with van der Waals surface area (Å²) in [5, 5.41) is 8.61. The summed E-state index contributed by atoms with van der Waals surface area (Å²) in [6.45, 7) is 0.328. The molecule has 1 aliphatic rings. The van der Waals surface area contributed by atoms with Crippen LogP contribution in [-0.2, 0) is 19.4 Å². The van der Waals surface area contributed by atoms with Gasteiger partial charge in [0, 0.05) is 5.69 Å². The van der Waals surface area contributed by atoms with E-state index >= 15 is 0 Å². The molecule has 0 unspecified atom stereocenters. The van der Waals surface area contributed by atoms with Gasteiger partial charge in [-0.05, 0) is 25.7 Å². The highest BCUT2D eigenvalue weighted by Gasteiger charge is 2.17. The molecule has 2 N–H and O–H groups in total. The Bertz CT molecular complexity index is 358. The van der Waals surface area contributed by atoms with Crippen LogP contribution in [0.4, 0.5) is 5.95 Å². The minimum atomic E-state index is 0.328. The van der Waals surface area contributed by atoms with E-state index in [1.54, 1.807) is 0 Å². The number of hydrogen-bond donors (Lipinski definition) is 1. The zero-order valence-corrected chi connectivity index (χ0v) is 7.45. The van der Waals surface area contributed by atoms with E-state index in [1.165, 1.54) is 18.5 Å². The number of nitriles is 1. The Morgan fingerprint density at radius 1 is 1.46 bits per heavy atom. The van der Waals surface area contributed by atoms with Crippen LogP contribution in [0.15, 0.2) is 0 Å². The van der Waals surface area contributed by atoms with Gasteiger partial charge in [-0.3, -0.25) is 0 Å². The van der Waals surface area contributed by atoms with Crippen molar-refractivity contribution in [2.45, 2.75) is 32.2 Å². The molecule has 1 heterocycles. The number of rotatable bonds is 1. The number of nitrogens with two attached hydrogens (primary N) is 1. The van der Waals surface area contributed by atoms with Crippen molar-refractivity contribution in [3.8, 4) is 6.07 Å². The molecule has 1 aromatic heterocycles. The molecule has 2 rings (SSSR count). The van der Waals surface area contributed by atoms with E-state index in [1.807, 2.05) is 4.57 Å². The highest BCUT2D eigenvalue weighted by Crippen LogP contribution is 2.22. The second-order valence-corrected chi connectivity index (χ2v) is 3.31. The lowest BCUT2D eigenvalue weighted by molar-refractivity contribution is 0.635. The van der Waals surface area contributed by atoms with Gasteiger partial charge in [0.25, 0.3) is 0 Å². The van der Waals surface area contributed by atoms with Crippen molar-refractivity contribution >= 4 is 5.95 Å². The molecule has 0 radical (unpaired) electrons. The van der Waals surface area contributed by atoms with E-state index in [9.17, 15) is 0 Å². The van der Waals surface area contributed by atoms with Crippen LogP contribution in [0.5, 0.6) is 0 Å². The summed E-state index contributed by atoms with van der Waals surface area (Å²) < 4.78 is 1.83. The maximum absolute atomic E-state index is 8.61. The first kappa shape index (κ1) is 8.11. The van der Waals surface area contributed by atoms with Crippen molar-refractivity contribution in [3.63, 3.8) is 0 Å². The minimum absolute atomic E-state index is 0.328. The van der Waals surface area contributed by atoms with Crippen LogP contribution in [0.3, 0.4) is 0 Å². The van der Waals surface area contributed by atoms with Crippen molar-refractivity contribution in [3.05, 3.63) is 11.4 Å². The lowest BCUT2D eigenvalue weighted by Gasteiger charge is -2.11. The van der Waals surface area contributed by atoms with Crippen molar-refractivity contribution in [1.82, 2.24) is 9.55 Å². The molecule has 4 nitrogen and oxygen atoms in total. The first-order valence-corrected chi connectivity index (χ1v) is 4.53. The summed E-state index contributed by atoms with van der Waals surface area (Å²) in [6, 6.07) is 2.10. The zero-order chi connectivity index (χ0) is 9.26. The van der Waals surface area contributed by atoms with Gasteiger partial charge in [0.2, 0.25) is 5.95 Å². The Morgan fingerprint density at radius 2 is 2.23 bits per heavy atom. The third-order valence-corrected chi connectivity index (χ3v) is 2.49. The van der Waals surface area contributed by atoms with Crippen LogP contribution in [-0.4, -0.2) is 9.55 Å². The molecule has 0 atom stereocenters. The van der Waals surface area contributed by atoms with Crippen molar-refractivity contribution in [2.75, 3.05) is 5.73 Å². The maximum atomic E-state index is 8.61. The van der Waals surface area contributed by atoms with Crippen LogP contribution in [0.25, 0.3) is 0 Å². The number of fused-ring (bicyclic) bond motifs is 1. The topological polar surface area (TPSA) is 67.6 Å². The van der Waals surface area contributed by atoms with E-state index in [-0.39, 0.29) is 0 Å². The number of nitrogen functional groups attached to an aromatic ring is 1. The summed E-state index contributed by atoms with van der Waals surface area (Å²) in [6.07, 6.45) is 4.40. The number of hydrogen-bond acceptors (Lipinski definition) is 3. The summed E-state index contributed by atoms with van der Waals surface area (Å²) in [4.78, 5) is 4.26. The Hall–Kier alpha value is -1.50. The van der Waals surface area contributed by atoms with E-state index in [0.717, 1.165) is 18.5 Å². The molecule has 4 heteroatoms. The molecule has 0 spiro atoms. The molecule has 1 aromatic rings.